The number of nitrogens with two attached hydrogens (primary N) is 1. The van der Waals surface area contributed by atoms with Crippen molar-refractivity contribution in [2.24, 2.45) is 10.7 Å². The van der Waals surface area contributed by atoms with Crippen molar-refractivity contribution in [2.75, 3.05) is 6.54 Å². The highest BCUT2D eigenvalue weighted by Gasteiger charge is 2.21. The zero-order valence-corrected chi connectivity index (χ0v) is 11.4. The lowest BCUT2D eigenvalue weighted by molar-refractivity contribution is 0.861. The normalized spacial score (nSPS) is 15.4. The van der Waals surface area contributed by atoms with Gasteiger partial charge in [-0.2, -0.15) is 0 Å². The highest BCUT2D eigenvalue weighted by Crippen LogP contribution is 2.17. The number of nitrogens with zero attached hydrogens (tertiary/aromatic N) is 2. The molecular formula is C11H17IN4. The van der Waals surface area contributed by atoms with E-state index in [1.807, 2.05) is 18.2 Å². The Kier molecular flexibility index (Phi) is 5.51. The minimum Gasteiger partial charge on any atom is -0.370 e. The van der Waals surface area contributed by atoms with Crippen LogP contribution in [0.3, 0.4) is 0 Å². The summed E-state index contributed by atoms with van der Waals surface area (Å²) in [6.07, 6.45) is 5.08. The van der Waals surface area contributed by atoms with Gasteiger partial charge in [0, 0.05) is 30.9 Å². The molecule has 1 aromatic rings. The van der Waals surface area contributed by atoms with Crippen LogP contribution < -0.4 is 11.1 Å². The predicted molar refractivity (Wildman–Crippen MR) is 76.0 cm³/mol. The number of aliphatic imine (C=N–C) groups is 1. The Bertz CT molecular complexity index is 335. The van der Waals surface area contributed by atoms with Crippen LogP contribution in [0.2, 0.25) is 0 Å². The maximum Gasteiger partial charge on any atom is 0.188 e. The second-order valence-electron chi connectivity index (χ2n) is 3.76. The van der Waals surface area contributed by atoms with Gasteiger partial charge in [-0.3, -0.25) is 9.98 Å². The van der Waals surface area contributed by atoms with E-state index in [1.54, 1.807) is 6.20 Å². The van der Waals surface area contributed by atoms with Gasteiger partial charge in [0.1, 0.15) is 0 Å². The first kappa shape index (κ1) is 13.2. The van der Waals surface area contributed by atoms with Gasteiger partial charge in [0.15, 0.2) is 5.96 Å². The summed E-state index contributed by atoms with van der Waals surface area (Å²) in [7, 11) is 0. The lowest BCUT2D eigenvalue weighted by Crippen LogP contribution is -2.33. The molecule has 1 heterocycles. The van der Waals surface area contributed by atoms with Gasteiger partial charge in [0.25, 0.3) is 0 Å². The van der Waals surface area contributed by atoms with Crippen LogP contribution in [0.4, 0.5) is 0 Å². The summed E-state index contributed by atoms with van der Waals surface area (Å²) >= 11 is 0. The van der Waals surface area contributed by atoms with Crippen LogP contribution in [0.15, 0.2) is 29.4 Å². The van der Waals surface area contributed by atoms with Crippen molar-refractivity contribution in [3.63, 3.8) is 0 Å². The van der Waals surface area contributed by atoms with E-state index < -0.39 is 0 Å². The topological polar surface area (TPSA) is 63.3 Å². The van der Waals surface area contributed by atoms with E-state index in [4.69, 9.17) is 5.73 Å². The van der Waals surface area contributed by atoms with E-state index in [1.165, 1.54) is 12.8 Å². The number of aromatic nitrogens is 1. The van der Waals surface area contributed by atoms with Crippen LogP contribution in [-0.4, -0.2) is 23.5 Å². The van der Waals surface area contributed by atoms with Gasteiger partial charge in [-0.25, -0.2) is 0 Å². The molecule has 1 fully saturated rings. The van der Waals surface area contributed by atoms with Crippen molar-refractivity contribution >= 4 is 29.9 Å². The van der Waals surface area contributed by atoms with E-state index in [-0.39, 0.29) is 24.0 Å². The molecule has 0 aliphatic heterocycles. The number of nitrogens with one attached hydrogen (secondary N) is 1. The zero-order valence-electron chi connectivity index (χ0n) is 9.10. The van der Waals surface area contributed by atoms with Crippen LogP contribution in [0.25, 0.3) is 0 Å². The van der Waals surface area contributed by atoms with Crippen molar-refractivity contribution in [1.82, 2.24) is 10.3 Å². The SMILES string of the molecule is I.NC(=NCCc1ccccn1)NC1CC1. The lowest BCUT2D eigenvalue weighted by Gasteiger charge is -2.02. The Morgan fingerprint density at radius 1 is 1.50 bits per heavy atom. The Morgan fingerprint density at radius 3 is 2.94 bits per heavy atom. The van der Waals surface area contributed by atoms with E-state index in [9.17, 15) is 0 Å². The number of pyridine rings is 1. The largest absolute Gasteiger partial charge is 0.370 e. The molecule has 16 heavy (non-hydrogen) atoms. The lowest BCUT2D eigenvalue weighted by atomic mass is 10.3. The second-order valence-corrected chi connectivity index (χ2v) is 3.76. The molecule has 1 aliphatic carbocycles. The molecule has 4 nitrogen and oxygen atoms in total. The fraction of sp³-hybridized carbons (Fsp3) is 0.455. The van der Waals surface area contributed by atoms with Crippen molar-refractivity contribution in [2.45, 2.75) is 25.3 Å². The summed E-state index contributed by atoms with van der Waals surface area (Å²) in [5, 5.41) is 3.15. The Balaban J connectivity index is 0.00000128. The first-order valence-electron chi connectivity index (χ1n) is 5.31. The van der Waals surface area contributed by atoms with Crippen LogP contribution in [0.5, 0.6) is 0 Å². The first-order valence-corrected chi connectivity index (χ1v) is 5.31. The number of hydrogen-bond acceptors (Lipinski definition) is 2. The third-order valence-corrected chi connectivity index (χ3v) is 2.31. The quantitative estimate of drug-likeness (QED) is 0.496. The zero-order chi connectivity index (χ0) is 10.5. The molecule has 0 radical (unpaired) electrons. The summed E-state index contributed by atoms with van der Waals surface area (Å²) in [5.74, 6) is 0.563. The molecule has 1 aliphatic rings. The van der Waals surface area contributed by atoms with Gasteiger partial charge in [-0.05, 0) is 25.0 Å². The summed E-state index contributed by atoms with van der Waals surface area (Å²) in [6, 6.07) is 6.47. The average molecular weight is 332 g/mol. The summed E-state index contributed by atoms with van der Waals surface area (Å²) in [4.78, 5) is 8.46. The molecule has 0 aromatic carbocycles. The van der Waals surface area contributed by atoms with Gasteiger partial charge in [-0.1, -0.05) is 6.07 Å². The number of halogens is 1. The molecule has 0 spiro atoms. The number of hydrogen-bond donors (Lipinski definition) is 2. The second kappa shape index (κ2) is 6.67. The molecule has 1 aromatic heterocycles. The minimum absolute atomic E-state index is 0. The molecule has 0 unspecified atom stereocenters. The Hall–Kier alpha value is -0.850. The predicted octanol–water partition coefficient (Wildman–Crippen LogP) is 1.31. The van der Waals surface area contributed by atoms with E-state index >= 15 is 0 Å². The first-order chi connectivity index (χ1) is 7.34. The summed E-state index contributed by atoms with van der Waals surface area (Å²) in [5.41, 5.74) is 6.75. The van der Waals surface area contributed by atoms with Crippen molar-refractivity contribution in [3.8, 4) is 0 Å². The van der Waals surface area contributed by atoms with Crippen LogP contribution in [-0.2, 0) is 6.42 Å². The van der Waals surface area contributed by atoms with E-state index in [2.05, 4.69) is 15.3 Å². The monoisotopic (exact) mass is 332 g/mol. The summed E-state index contributed by atoms with van der Waals surface area (Å²) < 4.78 is 0. The minimum atomic E-state index is 0. The smallest absolute Gasteiger partial charge is 0.188 e. The van der Waals surface area contributed by atoms with Crippen molar-refractivity contribution < 1.29 is 0 Å². The Labute approximate surface area is 113 Å². The van der Waals surface area contributed by atoms with Gasteiger partial charge < -0.3 is 11.1 Å². The summed E-state index contributed by atoms with van der Waals surface area (Å²) in [6.45, 7) is 0.697. The molecule has 0 bridgehead atoms. The molecule has 0 saturated heterocycles. The third-order valence-electron chi connectivity index (χ3n) is 2.31. The molecule has 1 saturated carbocycles. The highest BCUT2D eigenvalue weighted by molar-refractivity contribution is 14.0. The maximum absolute atomic E-state index is 5.70. The highest BCUT2D eigenvalue weighted by atomic mass is 127. The fourth-order valence-electron chi connectivity index (χ4n) is 1.32. The van der Waals surface area contributed by atoms with Gasteiger partial charge in [0.05, 0.1) is 0 Å². The molecular weight excluding hydrogens is 315 g/mol. The van der Waals surface area contributed by atoms with Crippen molar-refractivity contribution in [3.05, 3.63) is 30.1 Å². The number of rotatable bonds is 4. The van der Waals surface area contributed by atoms with E-state index in [0.717, 1.165) is 12.1 Å². The van der Waals surface area contributed by atoms with Gasteiger partial charge in [-0.15, -0.1) is 24.0 Å². The van der Waals surface area contributed by atoms with Crippen molar-refractivity contribution in [1.29, 1.82) is 0 Å². The third kappa shape index (κ3) is 4.78. The molecule has 2 rings (SSSR count). The maximum atomic E-state index is 5.70. The van der Waals surface area contributed by atoms with Crippen LogP contribution in [0.1, 0.15) is 18.5 Å². The Morgan fingerprint density at radius 2 is 2.31 bits per heavy atom. The van der Waals surface area contributed by atoms with Gasteiger partial charge in [0.2, 0.25) is 0 Å². The molecule has 5 heteroatoms. The molecule has 3 N–H and O–H groups in total. The van der Waals surface area contributed by atoms with E-state index in [0.29, 0.717) is 18.5 Å². The molecule has 0 amide bonds. The van der Waals surface area contributed by atoms with Gasteiger partial charge >= 0.3 is 0 Å². The standard InChI is InChI=1S/C11H16N4.HI/c12-11(15-10-4-5-10)14-8-6-9-3-1-2-7-13-9;/h1-3,7,10H,4-6,8H2,(H3,12,14,15);1H. The van der Waals surface area contributed by atoms with Crippen LogP contribution in [0, 0.1) is 0 Å². The molecule has 88 valence electrons. The number of guanidine groups is 1. The average Bonchev–Trinajstić information content (AvgIpc) is 3.03. The fourth-order valence-corrected chi connectivity index (χ4v) is 1.32. The molecule has 0 atom stereocenters. The van der Waals surface area contributed by atoms with Crippen LogP contribution >= 0.6 is 24.0 Å².